The van der Waals surface area contributed by atoms with Crippen molar-refractivity contribution in [3.63, 3.8) is 0 Å². The largest absolute Gasteiger partial charge is 0.296 e. The zero-order valence-electron chi connectivity index (χ0n) is 15.4. The second-order valence-electron chi connectivity index (χ2n) is 6.61. The molecule has 0 N–H and O–H groups in total. The van der Waals surface area contributed by atoms with Crippen molar-refractivity contribution in [1.82, 2.24) is 0 Å². The second kappa shape index (κ2) is 8.98. The standard InChI is InChI=1S/C23H24O3S/c1-19-14-16-22(17-15-19)27(24,25)26-18-8-13-23(20-9-4-2-5-10-20)21-11-6-3-7-12-21/h2-7,9-12,14-17,23H,8,13,18H2,1H3. The van der Waals surface area contributed by atoms with E-state index in [1.165, 1.54) is 11.1 Å². The third kappa shape index (κ3) is 5.28. The van der Waals surface area contributed by atoms with Crippen LogP contribution in [-0.4, -0.2) is 15.0 Å². The highest BCUT2D eigenvalue weighted by Gasteiger charge is 2.17. The van der Waals surface area contributed by atoms with Crippen LogP contribution in [0.4, 0.5) is 0 Å². The lowest BCUT2D eigenvalue weighted by molar-refractivity contribution is 0.306. The van der Waals surface area contributed by atoms with Gasteiger partial charge in [0.2, 0.25) is 0 Å². The molecule has 0 aliphatic carbocycles. The molecule has 0 unspecified atom stereocenters. The lowest BCUT2D eigenvalue weighted by Gasteiger charge is -2.18. The van der Waals surface area contributed by atoms with Gasteiger partial charge in [0.1, 0.15) is 0 Å². The normalized spacial score (nSPS) is 11.6. The van der Waals surface area contributed by atoms with E-state index >= 15 is 0 Å². The molecule has 140 valence electrons. The van der Waals surface area contributed by atoms with Gasteiger partial charge < -0.3 is 0 Å². The summed E-state index contributed by atoms with van der Waals surface area (Å²) in [6, 6.07) is 27.3. The number of hydrogen-bond donors (Lipinski definition) is 0. The van der Waals surface area contributed by atoms with E-state index in [1.54, 1.807) is 24.3 Å². The summed E-state index contributed by atoms with van der Waals surface area (Å²) in [4.78, 5) is 0.204. The van der Waals surface area contributed by atoms with E-state index in [0.717, 1.165) is 12.0 Å². The van der Waals surface area contributed by atoms with Crippen LogP contribution in [0.25, 0.3) is 0 Å². The van der Waals surface area contributed by atoms with Crippen LogP contribution >= 0.6 is 0 Å². The first kappa shape index (κ1) is 19.3. The van der Waals surface area contributed by atoms with Gasteiger partial charge in [0.05, 0.1) is 11.5 Å². The van der Waals surface area contributed by atoms with E-state index in [1.807, 2.05) is 43.3 Å². The summed E-state index contributed by atoms with van der Waals surface area (Å²) in [5.74, 6) is 0.220. The molecule has 3 rings (SSSR count). The monoisotopic (exact) mass is 380 g/mol. The number of benzene rings is 3. The zero-order chi connectivity index (χ0) is 19.1. The Labute approximate surface area is 161 Å². The fourth-order valence-corrected chi connectivity index (χ4v) is 4.07. The van der Waals surface area contributed by atoms with Crippen LogP contribution in [0.3, 0.4) is 0 Å². The molecule has 0 aliphatic rings. The number of hydrogen-bond acceptors (Lipinski definition) is 3. The molecule has 3 aromatic carbocycles. The van der Waals surface area contributed by atoms with Crippen molar-refractivity contribution in [2.75, 3.05) is 6.61 Å². The Balaban J connectivity index is 1.64. The van der Waals surface area contributed by atoms with Crippen LogP contribution < -0.4 is 0 Å². The zero-order valence-corrected chi connectivity index (χ0v) is 16.2. The summed E-state index contributed by atoms with van der Waals surface area (Å²) in [6.07, 6.45) is 1.47. The van der Waals surface area contributed by atoms with Crippen LogP contribution in [0.1, 0.15) is 35.4 Å². The lowest BCUT2D eigenvalue weighted by Crippen LogP contribution is -2.09. The summed E-state index contributed by atoms with van der Waals surface area (Å²) in [7, 11) is -3.70. The topological polar surface area (TPSA) is 43.4 Å². The fraction of sp³-hybridized carbons (Fsp3) is 0.217. The van der Waals surface area contributed by atoms with Gasteiger partial charge in [0, 0.05) is 5.92 Å². The summed E-state index contributed by atoms with van der Waals surface area (Å²) < 4.78 is 29.9. The van der Waals surface area contributed by atoms with Crippen molar-refractivity contribution in [1.29, 1.82) is 0 Å². The minimum absolute atomic E-state index is 0.173. The average Bonchev–Trinajstić information content (AvgIpc) is 2.69. The smallest absolute Gasteiger partial charge is 0.266 e. The SMILES string of the molecule is Cc1ccc(S(=O)(=O)OCCCC(c2ccccc2)c2ccccc2)cc1. The highest BCUT2D eigenvalue weighted by atomic mass is 32.2. The number of aryl methyl sites for hydroxylation is 1. The molecule has 0 saturated heterocycles. The summed E-state index contributed by atoms with van der Waals surface area (Å²) >= 11 is 0. The summed E-state index contributed by atoms with van der Waals surface area (Å²) in [5, 5.41) is 0. The number of rotatable bonds is 8. The van der Waals surface area contributed by atoms with Gasteiger partial charge in [-0.2, -0.15) is 8.42 Å². The highest BCUT2D eigenvalue weighted by Crippen LogP contribution is 2.29. The van der Waals surface area contributed by atoms with Crippen molar-refractivity contribution in [3.05, 3.63) is 102 Å². The predicted octanol–water partition coefficient (Wildman–Crippen LogP) is 5.31. The van der Waals surface area contributed by atoms with Crippen LogP contribution in [0.15, 0.2) is 89.8 Å². The first-order valence-corrected chi connectivity index (χ1v) is 10.5. The molecule has 0 heterocycles. The van der Waals surface area contributed by atoms with Crippen molar-refractivity contribution in [3.8, 4) is 0 Å². The minimum Gasteiger partial charge on any atom is -0.266 e. The maximum Gasteiger partial charge on any atom is 0.296 e. The molecule has 0 bridgehead atoms. The molecule has 0 radical (unpaired) electrons. The summed E-state index contributed by atoms with van der Waals surface area (Å²) in [5.41, 5.74) is 3.47. The molecule has 3 nitrogen and oxygen atoms in total. The molecule has 0 amide bonds. The van der Waals surface area contributed by atoms with E-state index in [2.05, 4.69) is 24.3 Å². The Bertz CT molecular complexity index is 894. The molecule has 3 aromatic rings. The van der Waals surface area contributed by atoms with E-state index in [0.29, 0.717) is 6.42 Å². The molecular formula is C23H24O3S. The fourth-order valence-electron chi connectivity index (χ4n) is 3.13. The van der Waals surface area contributed by atoms with Gasteiger partial charge in [-0.05, 0) is 43.0 Å². The van der Waals surface area contributed by atoms with E-state index in [9.17, 15) is 8.42 Å². The van der Waals surface area contributed by atoms with Gasteiger partial charge in [0.15, 0.2) is 0 Å². The highest BCUT2D eigenvalue weighted by molar-refractivity contribution is 7.86. The molecule has 4 heteroatoms. The second-order valence-corrected chi connectivity index (χ2v) is 8.22. The maximum absolute atomic E-state index is 12.3. The van der Waals surface area contributed by atoms with Crippen molar-refractivity contribution in [2.24, 2.45) is 0 Å². The van der Waals surface area contributed by atoms with Crippen molar-refractivity contribution >= 4 is 10.1 Å². The Kier molecular flexibility index (Phi) is 6.43. The molecule has 0 atom stereocenters. The van der Waals surface area contributed by atoms with Gasteiger partial charge in [0.25, 0.3) is 10.1 Å². The Morgan fingerprint density at radius 3 is 1.81 bits per heavy atom. The van der Waals surface area contributed by atoms with E-state index < -0.39 is 10.1 Å². The Morgan fingerprint density at radius 2 is 1.30 bits per heavy atom. The molecule has 27 heavy (non-hydrogen) atoms. The maximum atomic E-state index is 12.3. The minimum atomic E-state index is -3.70. The van der Waals surface area contributed by atoms with E-state index in [4.69, 9.17) is 4.18 Å². The third-order valence-electron chi connectivity index (χ3n) is 4.59. The van der Waals surface area contributed by atoms with Gasteiger partial charge in [-0.1, -0.05) is 78.4 Å². The first-order valence-electron chi connectivity index (χ1n) is 9.12. The average molecular weight is 381 g/mol. The van der Waals surface area contributed by atoms with E-state index in [-0.39, 0.29) is 17.4 Å². The van der Waals surface area contributed by atoms with Gasteiger partial charge in [-0.3, -0.25) is 4.18 Å². The van der Waals surface area contributed by atoms with Crippen molar-refractivity contribution < 1.29 is 12.6 Å². The van der Waals surface area contributed by atoms with Crippen LogP contribution in [0.2, 0.25) is 0 Å². The molecular weight excluding hydrogens is 356 g/mol. The molecule has 0 aromatic heterocycles. The molecule has 0 fully saturated rings. The van der Waals surface area contributed by atoms with Crippen LogP contribution in [0, 0.1) is 6.92 Å². The quantitative estimate of drug-likeness (QED) is 0.393. The Morgan fingerprint density at radius 1 is 0.778 bits per heavy atom. The third-order valence-corrected chi connectivity index (χ3v) is 5.92. The predicted molar refractivity (Wildman–Crippen MR) is 108 cm³/mol. The first-order chi connectivity index (χ1) is 13.1. The van der Waals surface area contributed by atoms with Crippen LogP contribution in [-0.2, 0) is 14.3 Å². The van der Waals surface area contributed by atoms with Gasteiger partial charge in [-0.15, -0.1) is 0 Å². The molecule has 0 aliphatic heterocycles. The molecule has 0 spiro atoms. The summed E-state index contributed by atoms with van der Waals surface area (Å²) in [6.45, 7) is 2.09. The van der Waals surface area contributed by atoms with Crippen molar-refractivity contribution in [2.45, 2.75) is 30.6 Å². The van der Waals surface area contributed by atoms with Gasteiger partial charge >= 0.3 is 0 Å². The van der Waals surface area contributed by atoms with Crippen LogP contribution in [0.5, 0.6) is 0 Å². The Hall–Kier alpha value is -2.43. The van der Waals surface area contributed by atoms with Gasteiger partial charge in [-0.25, -0.2) is 0 Å². The lowest BCUT2D eigenvalue weighted by atomic mass is 9.88. The molecule has 0 saturated carbocycles.